The maximum Gasteiger partial charge on any atom is 0.222 e. The number of nitrogen functional groups attached to an aromatic ring is 1. The molecule has 0 unspecified atom stereocenters. The standard InChI is InChI=1S/C9H12N4O2/c1-5-8(6-4-7(10)12-15-6)9(14-3)13(2)11-5/h4H,1-3H3,(H2,10,12). The number of ether oxygens (including phenoxy) is 1. The van der Waals surface area contributed by atoms with Crippen LogP contribution < -0.4 is 10.5 Å². The van der Waals surface area contributed by atoms with Crippen molar-refractivity contribution in [3.05, 3.63) is 11.8 Å². The fraction of sp³-hybridized carbons (Fsp3) is 0.333. The third-order valence-corrected chi connectivity index (χ3v) is 2.14. The van der Waals surface area contributed by atoms with Gasteiger partial charge in [0.1, 0.15) is 5.56 Å². The Labute approximate surface area is 86.6 Å². The topological polar surface area (TPSA) is 79.1 Å². The molecule has 0 radical (unpaired) electrons. The number of aromatic nitrogens is 3. The zero-order chi connectivity index (χ0) is 11.0. The Balaban J connectivity index is 2.61. The second-order valence-corrected chi connectivity index (χ2v) is 3.21. The largest absolute Gasteiger partial charge is 0.481 e. The lowest BCUT2D eigenvalue weighted by atomic mass is 10.2. The molecule has 0 fully saturated rings. The van der Waals surface area contributed by atoms with Crippen molar-refractivity contribution in [2.24, 2.45) is 7.05 Å². The molecule has 0 saturated carbocycles. The van der Waals surface area contributed by atoms with Gasteiger partial charge in [-0.05, 0) is 6.92 Å². The summed E-state index contributed by atoms with van der Waals surface area (Å²) in [6.07, 6.45) is 0. The van der Waals surface area contributed by atoms with E-state index in [1.54, 1.807) is 24.9 Å². The zero-order valence-electron chi connectivity index (χ0n) is 8.81. The van der Waals surface area contributed by atoms with Crippen molar-refractivity contribution in [1.29, 1.82) is 0 Å². The Hall–Kier alpha value is -1.98. The monoisotopic (exact) mass is 208 g/mol. The SMILES string of the molecule is COc1c(-c2cc(N)no2)c(C)nn1C. The molecule has 80 valence electrons. The van der Waals surface area contributed by atoms with Gasteiger partial charge in [0.05, 0.1) is 12.8 Å². The van der Waals surface area contributed by atoms with Crippen molar-refractivity contribution in [2.45, 2.75) is 6.92 Å². The molecule has 15 heavy (non-hydrogen) atoms. The van der Waals surface area contributed by atoms with E-state index in [-0.39, 0.29) is 0 Å². The van der Waals surface area contributed by atoms with Crippen LogP contribution in [-0.4, -0.2) is 22.0 Å². The number of nitrogens with two attached hydrogens (primary N) is 1. The van der Waals surface area contributed by atoms with E-state index < -0.39 is 0 Å². The highest BCUT2D eigenvalue weighted by molar-refractivity contribution is 5.68. The first-order chi connectivity index (χ1) is 7.13. The van der Waals surface area contributed by atoms with Crippen LogP contribution in [0.3, 0.4) is 0 Å². The molecule has 0 aliphatic heterocycles. The third kappa shape index (κ3) is 1.43. The molecule has 0 saturated heterocycles. The normalized spacial score (nSPS) is 10.6. The molecule has 0 spiro atoms. The van der Waals surface area contributed by atoms with Crippen LogP contribution in [0.5, 0.6) is 5.88 Å². The highest BCUT2D eigenvalue weighted by Gasteiger charge is 2.19. The van der Waals surface area contributed by atoms with Gasteiger partial charge in [0.2, 0.25) is 5.88 Å². The lowest BCUT2D eigenvalue weighted by Gasteiger charge is -2.00. The summed E-state index contributed by atoms with van der Waals surface area (Å²) in [5.41, 5.74) is 7.08. The van der Waals surface area contributed by atoms with E-state index in [0.29, 0.717) is 17.5 Å². The van der Waals surface area contributed by atoms with Gasteiger partial charge in [-0.3, -0.25) is 0 Å². The van der Waals surface area contributed by atoms with Gasteiger partial charge in [-0.15, -0.1) is 0 Å². The minimum absolute atomic E-state index is 0.343. The number of aryl methyl sites for hydroxylation is 2. The second kappa shape index (κ2) is 3.30. The van der Waals surface area contributed by atoms with Crippen molar-refractivity contribution in [1.82, 2.24) is 14.9 Å². The molecule has 0 aliphatic rings. The van der Waals surface area contributed by atoms with Crippen LogP contribution in [0.1, 0.15) is 5.69 Å². The first-order valence-electron chi connectivity index (χ1n) is 4.43. The van der Waals surface area contributed by atoms with E-state index in [2.05, 4.69) is 10.3 Å². The highest BCUT2D eigenvalue weighted by Crippen LogP contribution is 2.33. The van der Waals surface area contributed by atoms with Crippen molar-refractivity contribution in [3.8, 4) is 17.2 Å². The average molecular weight is 208 g/mol. The molecule has 6 heteroatoms. The number of anilines is 1. The Morgan fingerprint density at radius 3 is 2.80 bits per heavy atom. The van der Waals surface area contributed by atoms with Gasteiger partial charge >= 0.3 is 0 Å². The molecule has 6 nitrogen and oxygen atoms in total. The first kappa shape index (κ1) is 9.57. The molecule has 0 aliphatic carbocycles. The fourth-order valence-electron chi connectivity index (χ4n) is 1.56. The number of nitrogens with zero attached hydrogens (tertiary/aromatic N) is 3. The third-order valence-electron chi connectivity index (χ3n) is 2.14. The summed E-state index contributed by atoms with van der Waals surface area (Å²) in [5, 5.41) is 7.86. The van der Waals surface area contributed by atoms with Crippen molar-refractivity contribution < 1.29 is 9.26 Å². The molecule has 0 aromatic carbocycles. The van der Waals surface area contributed by atoms with Gasteiger partial charge in [-0.2, -0.15) is 5.10 Å². The van der Waals surface area contributed by atoms with Gasteiger partial charge in [-0.25, -0.2) is 4.68 Å². The Morgan fingerprint density at radius 1 is 1.53 bits per heavy atom. The molecule has 0 bridgehead atoms. The van der Waals surface area contributed by atoms with E-state index in [1.165, 1.54) is 0 Å². The van der Waals surface area contributed by atoms with Crippen LogP contribution in [0.4, 0.5) is 5.82 Å². The number of hydrogen-bond donors (Lipinski definition) is 1. The maximum atomic E-state index is 5.49. The Bertz CT molecular complexity index is 486. The molecule has 2 heterocycles. The minimum Gasteiger partial charge on any atom is -0.481 e. The summed E-state index contributed by atoms with van der Waals surface area (Å²) in [5.74, 6) is 1.54. The summed E-state index contributed by atoms with van der Waals surface area (Å²) in [4.78, 5) is 0. The van der Waals surface area contributed by atoms with E-state index in [9.17, 15) is 0 Å². The van der Waals surface area contributed by atoms with Crippen LogP contribution in [0.25, 0.3) is 11.3 Å². The van der Waals surface area contributed by atoms with E-state index in [1.807, 2.05) is 6.92 Å². The van der Waals surface area contributed by atoms with Crippen molar-refractivity contribution >= 4 is 5.82 Å². The minimum atomic E-state index is 0.343. The van der Waals surface area contributed by atoms with Gasteiger partial charge in [0.25, 0.3) is 0 Å². The van der Waals surface area contributed by atoms with E-state index >= 15 is 0 Å². The van der Waals surface area contributed by atoms with Gasteiger partial charge in [0.15, 0.2) is 11.6 Å². The predicted molar refractivity (Wildman–Crippen MR) is 54.4 cm³/mol. The van der Waals surface area contributed by atoms with Crippen molar-refractivity contribution in [3.63, 3.8) is 0 Å². The maximum absolute atomic E-state index is 5.49. The van der Waals surface area contributed by atoms with Gasteiger partial charge in [-0.1, -0.05) is 5.16 Å². The predicted octanol–water partition coefficient (Wildman–Crippen LogP) is 0.974. The average Bonchev–Trinajstić information content (AvgIpc) is 2.70. The molecule has 2 N–H and O–H groups in total. The van der Waals surface area contributed by atoms with E-state index in [0.717, 1.165) is 11.3 Å². The molecule has 0 amide bonds. The van der Waals surface area contributed by atoms with Crippen LogP contribution in [-0.2, 0) is 7.05 Å². The number of methoxy groups -OCH3 is 1. The summed E-state index contributed by atoms with van der Waals surface area (Å²) >= 11 is 0. The van der Waals surface area contributed by atoms with E-state index in [4.69, 9.17) is 15.0 Å². The molecular weight excluding hydrogens is 196 g/mol. The summed E-state index contributed by atoms with van der Waals surface area (Å²) in [7, 11) is 3.38. The summed E-state index contributed by atoms with van der Waals surface area (Å²) in [6, 6.07) is 1.65. The fourth-order valence-corrected chi connectivity index (χ4v) is 1.56. The van der Waals surface area contributed by atoms with Crippen LogP contribution in [0.2, 0.25) is 0 Å². The zero-order valence-corrected chi connectivity index (χ0v) is 8.81. The molecule has 0 atom stereocenters. The van der Waals surface area contributed by atoms with Gasteiger partial charge in [0, 0.05) is 13.1 Å². The quantitative estimate of drug-likeness (QED) is 0.795. The molecule has 2 aromatic rings. The van der Waals surface area contributed by atoms with Crippen LogP contribution in [0.15, 0.2) is 10.6 Å². The van der Waals surface area contributed by atoms with Crippen LogP contribution in [0, 0.1) is 6.92 Å². The lowest BCUT2D eigenvalue weighted by Crippen LogP contribution is -1.95. The van der Waals surface area contributed by atoms with Crippen molar-refractivity contribution in [2.75, 3.05) is 12.8 Å². The number of rotatable bonds is 2. The Morgan fingerprint density at radius 2 is 2.27 bits per heavy atom. The molecule has 2 rings (SSSR count). The second-order valence-electron chi connectivity index (χ2n) is 3.21. The first-order valence-corrected chi connectivity index (χ1v) is 4.43. The molecule has 2 aromatic heterocycles. The highest BCUT2D eigenvalue weighted by atomic mass is 16.5. The van der Waals surface area contributed by atoms with Crippen LogP contribution >= 0.6 is 0 Å². The smallest absolute Gasteiger partial charge is 0.222 e. The summed E-state index contributed by atoms with van der Waals surface area (Å²) < 4.78 is 12.0. The summed E-state index contributed by atoms with van der Waals surface area (Å²) in [6.45, 7) is 1.87. The molecular formula is C9H12N4O2. The Kier molecular flexibility index (Phi) is 2.11. The number of hydrogen-bond acceptors (Lipinski definition) is 5. The lowest BCUT2D eigenvalue weighted by molar-refractivity contribution is 0.371. The van der Waals surface area contributed by atoms with Gasteiger partial charge < -0.3 is 15.0 Å².